The maximum atomic E-state index is 11.6. The third-order valence-electron chi connectivity index (χ3n) is 2.40. The Kier molecular flexibility index (Phi) is 5.05. The summed E-state index contributed by atoms with van der Waals surface area (Å²) < 4.78 is 2.69. The molecule has 2 rings (SSSR count). The van der Waals surface area contributed by atoms with Gasteiger partial charge >= 0.3 is 0 Å². The van der Waals surface area contributed by atoms with Crippen molar-refractivity contribution in [1.29, 1.82) is 0 Å². The molecule has 6 nitrogen and oxygen atoms in total. The molecule has 1 amide bonds. The molecule has 0 saturated carbocycles. The molecule has 1 aromatic carbocycles. The third-order valence-corrected chi connectivity index (χ3v) is 2.93. The fourth-order valence-corrected chi connectivity index (χ4v) is 1.75. The van der Waals surface area contributed by atoms with Crippen molar-refractivity contribution in [2.24, 2.45) is 0 Å². The molecule has 0 aliphatic carbocycles. The molecule has 0 fully saturated rings. The second kappa shape index (κ2) is 7.01. The quantitative estimate of drug-likeness (QED) is 0.785. The van der Waals surface area contributed by atoms with Crippen molar-refractivity contribution in [2.75, 3.05) is 18.4 Å². The van der Waals surface area contributed by atoms with Crippen LogP contribution in [-0.2, 0) is 11.3 Å². The molecule has 100 valence electrons. The first-order chi connectivity index (χ1) is 9.24. The highest BCUT2D eigenvalue weighted by molar-refractivity contribution is 9.10. The van der Waals surface area contributed by atoms with E-state index in [-0.39, 0.29) is 12.5 Å². The highest BCUT2D eigenvalue weighted by Crippen LogP contribution is 2.13. The number of amides is 1. The highest BCUT2D eigenvalue weighted by Gasteiger charge is 2.01. The van der Waals surface area contributed by atoms with Crippen LogP contribution in [0.2, 0.25) is 0 Å². The Labute approximate surface area is 119 Å². The van der Waals surface area contributed by atoms with Gasteiger partial charge in [0, 0.05) is 22.9 Å². The number of hydrogen-bond donors (Lipinski definition) is 2. The predicted molar refractivity (Wildman–Crippen MR) is 75.7 cm³/mol. The molecule has 0 aliphatic rings. The lowest BCUT2D eigenvalue weighted by Crippen LogP contribution is -2.30. The van der Waals surface area contributed by atoms with Crippen LogP contribution in [0.25, 0.3) is 0 Å². The van der Waals surface area contributed by atoms with E-state index in [1.54, 1.807) is 17.1 Å². The van der Waals surface area contributed by atoms with E-state index in [4.69, 9.17) is 0 Å². The van der Waals surface area contributed by atoms with E-state index in [0.717, 1.165) is 10.2 Å². The average Bonchev–Trinajstić information content (AvgIpc) is 2.91. The number of nitrogens with zero attached hydrogens (tertiary/aromatic N) is 3. The van der Waals surface area contributed by atoms with Crippen LogP contribution in [0.5, 0.6) is 0 Å². The molecule has 0 spiro atoms. The largest absolute Gasteiger partial charge is 0.325 e. The number of halogens is 1. The van der Waals surface area contributed by atoms with Crippen LogP contribution in [0.4, 0.5) is 5.69 Å². The van der Waals surface area contributed by atoms with E-state index in [1.807, 2.05) is 24.3 Å². The number of carbonyl (C=O) groups excluding carboxylic acids is 1. The highest BCUT2D eigenvalue weighted by atomic mass is 79.9. The number of nitrogens with one attached hydrogen (secondary N) is 2. The molecule has 0 aliphatic heterocycles. The van der Waals surface area contributed by atoms with Crippen molar-refractivity contribution < 1.29 is 4.79 Å². The standard InChI is InChI=1S/C12H14BrN5O/c13-10-1-3-11(4-2-10)16-12(19)9-14-5-7-18-8-6-15-17-18/h1-4,6,8,14H,5,7,9H2,(H,16,19). The van der Waals surface area contributed by atoms with Gasteiger partial charge < -0.3 is 10.6 Å². The van der Waals surface area contributed by atoms with Crippen molar-refractivity contribution in [1.82, 2.24) is 20.3 Å². The first-order valence-electron chi connectivity index (χ1n) is 5.84. The summed E-state index contributed by atoms with van der Waals surface area (Å²) in [5.74, 6) is -0.0686. The molecule has 0 bridgehead atoms. The van der Waals surface area contributed by atoms with E-state index in [0.29, 0.717) is 13.1 Å². The van der Waals surface area contributed by atoms with Gasteiger partial charge in [-0.3, -0.25) is 9.48 Å². The number of anilines is 1. The molecule has 0 radical (unpaired) electrons. The Morgan fingerprint density at radius 3 is 2.79 bits per heavy atom. The van der Waals surface area contributed by atoms with Gasteiger partial charge in [0.2, 0.25) is 5.91 Å². The molecule has 7 heteroatoms. The van der Waals surface area contributed by atoms with Crippen LogP contribution < -0.4 is 10.6 Å². The van der Waals surface area contributed by atoms with Crippen LogP contribution in [0.3, 0.4) is 0 Å². The van der Waals surface area contributed by atoms with Crippen LogP contribution in [0, 0.1) is 0 Å². The van der Waals surface area contributed by atoms with E-state index >= 15 is 0 Å². The minimum atomic E-state index is -0.0686. The first kappa shape index (κ1) is 13.7. The Morgan fingerprint density at radius 1 is 1.32 bits per heavy atom. The molecule has 0 saturated heterocycles. The number of carbonyl (C=O) groups is 1. The summed E-state index contributed by atoms with van der Waals surface area (Å²) in [5.41, 5.74) is 0.784. The maximum absolute atomic E-state index is 11.6. The lowest BCUT2D eigenvalue weighted by molar-refractivity contribution is -0.115. The first-order valence-corrected chi connectivity index (χ1v) is 6.63. The summed E-state index contributed by atoms with van der Waals surface area (Å²) in [5, 5.41) is 13.4. The molecule has 2 aromatic rings. The fourth-order valence-electron chi connectivity index (χ4n) is 1.49. The topological polar surface area (TPSA) is 71.8 Å². The summed E-state index contributed by atoms with van der Waals surface area (Å²) in [6.45, 7) is 1.62. The SMILES string of the molecule is O=C(CNCCn1ccnn1)Nc1ccc(Br)cc1. The Bertz CT molecular complexity index is 511. The molecule has 19 heavy (non-hydrogen) atoms. The van der Waals surface area contributed by atoms with Crippen LogP contribution >= 0.6 is 15.9 Å². The van der Waals surface area contributed by atoms with Crippen LogP contribution in [0.15, 0.2) is 41.1 Å². The smallest absolute Gasteiger partial charge is 0.238 e. The third kappa shape index (κ3) is 4.80. The Hall–Kier alpha value is -1.73. The van der Waals surface area contributed by atoms with Crippen molar-refractivity contribution in [3.05, 3.63) is 41.1 Å². The van der Waals surface area contributed by atoms with Gasteiger partial charge in [-0.1, -0.05) is 21.1 Å². The average molecular weight is 324 g/mol. The van der Waals surface area contributed by atoms with Gasteiger partial charge in [-0.05, 0) is 24.3 Å². The van der Waals surface area contributed by atoms with Gasteiger partial charge in [-0.25, -0.2) is 0 Å². The summed E-state index contributed by atoms with van der Waals surface area (Å²) >= 11 is 3.34. The maximum Gasteiger partial charge on any atom is 0.238 e. The Balaban J connectivity index is 1.65. The lowest BCUT2D eigenvalue weighted by atomic mass is 10.3. The molecule has 1 heterocycles. The van der Waals surface area contributed by atoms with Gasteiger partial charge in [0.1, 0.15) is 0 Å². The monoisotopic (exact) mass is 323 g/mol. The normalized spacial score (nSPS) is 10.4. The zero-order chi connectivity index (χ0) is 13.5. The van der Waals surface area contributed by atoms with Crippen LogP contribution in [-0.4, -0.2) is 34.0 Å². The van der Waals surface area contributed by atoms with Gasteiger partial charge in [0.05, 0.1) is 19.3 Å². The molecule has 0 atom stereocenters. The molecular weight excluding hydrogens is 310 g/mol. The number of hydrogen-bond acceptors (Lipinski definition) is 4. The van der Waals surface area contributed by atoms with Gasteiger partial charge in [-0.15, -0.1) is 5.10 Å². The summed E-state index contributed by atoms with van der Waals surface area (Å²) in [6.07, 6.45) is 3.41. The molecule has 0 unspecified atom stereocenters. The second-order valence-corrected chi connectivity index (χ2v) is 4.81. The van der Waals surface area contributed by atoms with E-state index in [2.05, 4.69) is 36.9 Å². The summed E-state index contributed by atoms with van der Waals surface area (Å²) in [7, 11) is 0. The van der Waals surface area contributed by atoms with Crippen molar-refractivity contribution in [3.8, 4) is 0 Å². The zero-order valence-corrected chi connectivity index (χ0v) is 11.8. The molecule has 1 aromatic heterocycles. The van der Waals surface area contributed by atoms with Gasteiger partial charge in [-0.2, -0.15) is 0 Å². The fraction of sp³-hybridized carbons (Fsp3) is 0.250. The van der Waals surface area contributed by atoms with Gasteiger partial charge in [0.25, 0.3) is 0 Å². The van der Waals surface area contributed by atoms with Crippen molar-refractivity contribution in [2.45, 2.75) is 6.54 Å². The number of aromatic nitrogens is 3. The zero-order valence-electron chi connectivity index (χ0n) is 10.2. The molecular formula is C12H14BrN5O. The minimum absolute atomic E-state index is 0.0686. The van der Waals surface area contributed by atoms with Gasteiger partial charge in [0.15, 0.2) is 0 Å². The van der Waals surface area contributed by atoms with Crippen molar-refractivity contribution in [3.63, 3.8) is 0 Å². The predicted octanol–water partition coefficient (Wildman–Crippen LogP) is 1.27. The van der Waals surface area contributed by atoms with E-state index in [1.165, 1.54) is 0 Å². The summed E-state index contributed by atoms with van der Waals surface area (Å²) in [6, 6.07) is 7.45. The Morgan fingerprint density at radius 2 is 2.11 bits per heavy atom. The molecule has 2 N–H and O–H groups in total. The van der Waals surface area contributed by atoms with E-state index < -0.39 is 0 Å². The van der Waals surface area contributed by atoms with Crippen LogP contribution in [0.1, 0.15) is 0 Å². The van der Waals surface area contributed by atoms with E-state index in [9.17, 15) is 4.79 Å². The second-order valence-electron chi connectivity index (χ2n) is 3.90. The lowest BCUT2D eigenvalue weighted by Gasteiger charge is -2.06. The number of benzene rings is 1. The number of rotatable bonds is 6. The van der Waals surface area contributed by atoms with Crippen molar-refractivity contribution >= 4 is 27.5 Å². The minimum Gasteiger partial charge on any atom is -0.325 e. The summed E-state index contributed by atoms with van der Waals surface area (Å²) in [4.78, 5) is 11.6.